The van der Waals surface area contributed by atoms with Crippen LogP contribution in [0.1, 0.15) is 38.0 Å². The molecule has 0 aliphatic rings. The molecule has 3 heteroatoms. The largest absolute Gasteiger partial charge is 0.494 e. The maximum atomic E-state index is 10.5. The van der Waals surface area contributed by atoms with E-state index in [9.17, 15) is 5.11 Å². The van der Waals surface area contributed by atoms with Gasteiger partial charge in [0.15, 0.2) is 0 Å². The average Bonchev–Trinajstić information content (AvgIpc) is 2.47. The number of ether oxygens (including phenoxy) is 2. The predicted molar refractivity (Wildman–Crippen MR) is 83.9 cm³/mol. The van der Waals surface area contributed by atoms with Crippen molar-refractivity contribution in [3.8, 4) is 11.5 Å². The van der Waals surface area contributed by atoms with Gasteiger partial charge in [0.05, 0.1) is 12.7 Å². The Morgan fingerprint density at radius 1 is 0.952 bits per heavy atom. The molecule has 0 radical (unpaired) electrons. The van der Waals surface area contributed by atoms with Crippen LogP contribution in [-0.4, -0.2) is 17.8 Å². The molecule has 0 heterocycles. The van der Waals surface area contributed by atoms with Crippen molar-refractivity contribution in [3.63, 3.8) is 0 Å². The predicted octanol–water partition coefficient (Wildman–Crippen LogP) is 3.95. The first kappa shape index (κ1) is 15.4. The van der Waals surface area contributed by atoms with E-state index < -0.39 is 6.10 Å². The third-order valence-corrected chi connectivity index (χ3v) is 3.05. The molecule has 1 unspecified atom stereocenters. The van der Waals surface area contributed by atoms with Crippen molar-refractivity contribution in [1.82, 2.24) is 0 Å². The SMILES string of the molecule is CCOc1ccc(C(O)c2cccc(OC(C)C)c2)cc1. The van der Waals surface area contributed by atoms with E-state index >= 15 is 0 Å². The second-order valence-electron chi connectivity index (χ2n) is 5.14. The molecule has 0 saturated heterocycles. The maximum absolute atomic E-state index is 10.5. The lowest BCUT2D eigenvalue weighted by Crippen LogP contribution is -2.06. The highest BCUT2D eigenvalue weighted by Crippen LogP contribution is 2.26. The molecule has 0 amide bonds. The van der Waals surface area contributed by atoms with Crippen molar-refractivity contribution >= 4 is 0 Å². The summed E-state index contributed by atoms with van der Waals surface area (Å²) >= 11 is 0. The summed E-state index contributed by atoms with van der Waals surface area (Å²) in [5.41, 5.74) is 1.65. The molecule has 2 aromatic rings. The molecule has 0 aliphatic heterocycles. The first-order valence-electron chi connectivity index (χ1n) is 7.27. The van der Waals surface area contributed by atoms with Gasteiger partial charge in [0.25, 0.3) is 0 Å². The summed E-state index contributed by atoms with van der Waals surface area (Å²) in [5.74, 6) is 1.58. The quantitative estimate of drug-likeness (QED) is 0.873. The molecule has 0 aliphatic carbocycles. The molecule has 0 bridgehead atoms. The molecule has 1 atom stereocenters. The fraction of sp³-hybridized carbons (Fsp3) is 0.333. The Kier molecular flexibility index (Phi) is 5.23. The lowest BCUT2D eigenvalue weighted by molar-refractivity contribution is 0.216. The minimum absolute atomic E-state index is 0.114. The van der Waals surface area contributed by atoms with E-state index in [0.717, 1.165) is 22.6 Å². The first-order valence-corrected chi connectivity index (χ1v) is 7.27. The summed E-state index contributed by atoms with van der Waals surface area (Å²) in [6.45, 7) is 6.55. The topological polar surface area (TPSA) is 38.7 Å². The molecular weight excluding hydrogens is 264 g/mol. The Morgan fingerprint density at radius 3 is 2.29 bits per heavy atom. The number of hydrogen-bond donors (Lipinski definition) is 1. The second-order valence-corrected chi connectivity index (χ2v) is 5.14. The van der Waals surface area contributed by atoms with Crippen molar-refractivity contribution in [1.29, 1.82) is 0 Å². The van der Waals surface area contributed by atoms with Gasteiger partial charge in [-0.05, 0) is 56.2 Å². The Labute approximate surface area is 126 Å². The molecule has 0 aromatic heterocycles. The van der Waals surface area contributed by atoms with Gasteiger partial charge in [-0.1, -0.05) is 24.3 Å². The number of rotatable bonds is 6. The Hall–Kier alpha value is -2.00. The molecule has 21 heavy (non-hydrogen) atoms. The molecule has 2 aromatic carbocycles. The van der Waals surface area contributed by atoms with Crippen LogP contribution in [0.3, 0.4) is 0 Å². The van der Waals surface area contributed by atoms with Crippen LogP contribution in [0, 0.1) is 0 Å². The summed E-state index contributed by atoms with van der Waals surface area (Å²) in [4.78, 5) is 0. The standard InChI is InChI=1S/C18H22O3/c1-4-20-16-10-8-14(9-11-16)18(19)15-6-5-7-17(12-15)21-13(2)3/h5-13,18-19H,4H2,1-3H3. The Balaban J connectivity index is 2.16. The molecular formula is C18H22O3. The van der Waals surface area contributed by atoms with Gasteiger partial charge in [0, 0.05) is 0 Å². The highest BCUT2D eigenvalue weighted by Gasteiger charge is 2.11. The smallest absolute Gasteiger partial charge is 0.120 e. The highest BCUT2D eigenvalue weighted by atomic mass is 16.5. The normalized spacial score (nSPS) is 12.2. The van der Waals surface area contributed by atoms with E-state index in [-0.39, 0.29) is 6.10 Å². The van der Waals surface area contributed by atoms with Gasteiger partial charge >= 0.3 is 0 Å². The molecule has 3 nitrogen and oxygen atoms in total. The van der Waals surface area contributed by atoms with Gasteiger partial charge in [-0.2, -0.15) is 0 Å². The van der Waals surface area contributed by atoms with Crippen molar-refractivity contribution in [2.45, 2.75) is 33.0 Å². The molecule has 0 saturated carbocycles. The van der Waals surface area contributed by atoms with Crippen LogP contribution in [0.5, 0.6) is 11.5 Å². The second kappa shape index (κ2) is 7.14. The summed E-state index contributed by atoms with van der Waals surface area (Å²) in [6.07, 6.45) is -0.556. The van der Waals surface area contributed by atoms with Gasteiger partial charge in [-0.15, -0.1) is 0 Å². The van der Waals surface area contributed by atoms with E-state index in [2.05, 4.69) is 0 Å². The summed E-state index contributed by atoms with van der Waals surface area (Å²) in [7, 11) is 0. The van der Waals surface area contributed by atoms with Gasteiger partial charge in [-0.3, -0.25) is 0 Å². The third kappa shape index (κ3) is 4.23. The molecule has 0 spiro atoms. The van der Waals surface area contributed by atoms with Crippen LogP contribution in [0.2, 0.25) is 0 Å². The van der Waals surface area contributed by atoms with Crippen molar-refractivity contribution in [2.24, 2.45) is 0 Å². The monoisotopic (exact) mass is 286 g/mol. The Bertz CT molecular complexity index is 561. The van der Waals surface area contributed by atoms with Crippen LogP contribution in [-0.2, 0) is 0 Å². The van der Waals surface area contributed by atoms with E-state index in [0.29, 0.717) is 6.61 Å². The lowest BCUT2D eigenvalue weighted by atomic mass is 10.0. The van der Waals surface area contributed by atoms with Crippen LogP contribution in [0.4, 0.5) is 0 Å². The maximum Gasteiger partial charge on any atom is 0.120 e. The number of aliphatic hydroxyl groups is 1. The van der Waals surface area contributed by atoms with Gasteiger partial charge < -0.3 is 14.6 Å². The van der Waals surface area contributed by atoms with E-state index in [1.807, 2.05) is 69.3 Å². The molecule has 1 N–H and O–H groups in total. The first-order chi connectivity index (χ1) is 10.1. The van der Waals surface area contributed by atoms with Crippen molar-refractivity contribution in [3.05, 3.63) is 59.7 Å². The molecule has 2 rings (SSSR count). The lowest BCUT2D eigenvalue weighted by Gasteiger charge is -2.15. The fourth-order valence-corrected chi connectivity index (χ4v) is 2.14. The van der Waals surface area contributed by atoms with E-state index in [1.54, 1.807) is 0 Å². The van der Waals surface area contributed by atoms with Gasteiger partial charge in [-0.25, -0.2) is 0 Å². The zero-order valence-electron chi connectivity index (χ0n) is 12.7. The zero-order chi connectivity index (χ0) is 15.2. The van der Waals surface area contributed by atoms with E-state index in [1.165, 1.54) is 0 Å². The average molecular weight is 286 g/mol. The van der Waals surface area contributed by atoms with E-state index in [4.69, 9.17) is 9.47 Å². The summed E-state index contributed by atoms with van der Waals surface area (Å²) < 4.78 is 11.1. The number of aliphatic hydroxyl groups excluding tert-OH is 1. The highest BCUT2D eigenvalue weighted by molar-refractivity contribution is 5.37. The fourth-order valence-electron chi connectivity index (χ4n) is 2.14. The summed E-state index contributed by atoms with van der Waals surface area (Å²) in [5, 5.41) is 10.5. The van der Waals surface area contributed by atoms with Crippen LogP contribution in [0.25, 0.3) is 0 Å². The van der Waals surface area contributed by atoms with Crippen molar-refractivity contribution in [2.75, 3.05) is 6.61 Å². The zero-order valence-corrected chi connectivity index (χ0v) is 12.7. The number of hydrogen-bond acceptors (Lipinski definition) is 3. The third-order valence-electron chi connectivity index (χ3n) is 3.05. The molecule has 112 valence electrons. The van der Waals surface area contributed by atoms with Crippen molar-refractivity contribution < 1.29 is 14.6 Å². The van der Waals surface area contributed by atoms with Crippen LogP contribution < -0.4 is 9.47 Å². The Morgan fingerprint density at radius 2 is 1.67 bits per heavy atom. The molecule has 0 fully saturated rings. The minimum Gasteiger partial charge on any atom is -0.494 e. The van der Waals surface area contributed by atoms with Crippen LogP contribution in [0.15, 0.2) is 48.5 Å². The van der Waals surface area contributed by atoms with Crippen LogP contribution >= 0.6 is 0 Å². The number of benzene rings is 2. The minimum atomic E-state index is -0.670. The van der Waals surface area contributed by atoms with Gasteiger partial charge in [0.2, 0.25) is 0 Å². The summed E-state index contributed by atoms with van der Waals surface area (Å²) in [6, 6.07) is 15.1. The van der Waals surface area contributed by atoms with Gasteiger partial charge in [0.1, 0.15) is 17.6 Å².